The molecule has 2 rings (SSSR count). The van der Waals surface area contributed by atoms with Gasteiger partial charge < -0.3 is 20.5 Å². The van der Waals surface area contributed by atoms with E-state index in [1.807, 2.05) is 24.5 Å². The van der Waals surface area contributed by atoms with E-state index in [0.29, 0.717) is 26.2 Å². The third-order valence-electron chi connectivity index (χ3n) is 3.25. The zero-order valence-corrected chi connectivity index (χ0v) is 13.1. The van der Waals surface area contributed by atoms with E-state index < -0.39 is 6.04 Å². The van der Waals surface area contributed by atoms with E-state index in [1.165, 1.54) is 0 Å². The largest absolute Gasteiger partial charge is 0.490 e. The summed E-state index contributed by atoms with van der Waals surface area (Å²) in [6.45, 7) is 1.78. The van der Waals surface area contributed by atoms with Gasteiger partial charge in [-0.05, 0) is 36.1 Å². The van der Waals surface area contributed by atoms with Gasteiger partial charge in [-0.3, -0.25) is 4.79 Å². The highest BCUT2D eigenvalue weighted by atomic mass is 32.2. The topological polar surface area (TPSA) is 73.6 Å². The smallest absolute Gasteiger partial charge is 0.237 e. The van der Waals surface area contributed by atoms with Gasteiger partial charge >= 0.3 is 0 Å². The number of benzene rings is 1. The number of amides is 1. The van der Waals surface area contributed by atoms with Crippen LogP contribution in [0.4, 0.5) is 0 Å². The minimum Gasteiger partial charge on any atom is -0.490 e. The molecule has 1 atom stereocenters. The summed E-state index contributed by atoms with van der Waals surface area (Å²) in [7, 11) is 0. The molecule has 0 unspecified atom stereocenters. The lowest BCUT2D eigenvalue weighted by Crippen LogP contribution is -2.40. The van der Waals surface area contributed by atoms with Crippen molar-refractivity contribution in [2.75, 3.05) is 25.2 Å². The number of carbonyl (C=O) groups is 1. The Balaban J connectivity index is 1.88. The van der Waals surface area contributed by atoms with Crippen LogP contribution in [-0.2, 0) is 11.3 Å². The first-order valence-corrected chi connectivity index (χ1v) is 8.51. The van der Waals surface area contributed by atoms with Gasteiger partial charge in [-0.15, -0.1) is 0 Å². The molecule has 5 nitrogen and oxygen atoms in total. The normalized spacial score (nSPS) is 15.1. The molecule has 0 spiro atoms. The predicted octanol–water partition coefficient (Wildman–Crippen LogP) is 1.54. The summed E-state index contributed by atoms with van der Waals surface area (Å²) < 4.78 is 11.2. The summed E-state index contributed by atoms with van der Waals surface area (Å²) in [4.78, 5) is 11.9. The molecule has 3 N–H and O–H groups in total. The molecule has 21 heavy (non-hydrogen) atoms. The summed E-state index contributed by atoms with van der Waals surface area (Å²) in [6, 6.07) is 5.28. The Labute approximate surface area is 129 Å². The lowest BCUT2D eigenvalue weighted by molar-refractivity contribution is -0.122. The van der Waals surface area contributed by atoms with Crippen LogP contribution < -0.4 is 20.5 Å². The van der Waals surface area contributed by atoms with Crippen LogP contribution in [0.1, 0.15) is 18.4 Å². The Morgan fingerprint density at radius 2 is 2.14 bits per heavy atom. The predicted molar refractivity (Wildman–Crippen MR) is 84.9 cm³/mol. The van der Waals surface area contributed by atoms with Crippen molar-refractivity contribution >= 4 is 17.7 Å². The first-order chi connectivity index (χ1) is 10.2. The quantitative estimate of drug-likeness (QED) is 0.834. The van der Waals surface area contributed by atoms with E-state index in [1.54, 1.807) is 11.8 Å². The first kappa shape index (κ1) is 16.0. The first-order valence-electron chi connectivity index (χ1n) is 7.11. The maximum Gasteiger partial charge on any atom is 0.237 e. The summed E-state index contributed by atoms with van der Waals surface area (Å²) in [5.41, 5.74) is 6.81. The van der Waals surface area contributed by atoms with Gasteiger partial charge in [0.2, 0.25) is 5.91 Å². The second-order valence-electron chi connectivity index (χ2n) is 4.94. The maximum atomic E-state index is 11.9. The molecule has 0 aliphatic carbocycles. The molecule has 0 saturated carbocycles. The highest BCUT2D eigenvalue weighted by Crippen LogP contribution is 2.30. The lowest BCUT2D eigenvalue weighted by Gasteiger charge is -2.13. The van der Waals surface area contributed by atoms with E-state index in [-0.39, 0.29) is 5.91 Å². The average molecular weight is 310 g/mol. The number of thioether (sulfide) groups is 1. The van der Waals surface area contributed by atoms with Crippen LogP contribution in [0.3, 0.4) is 0 Å². The molecule has 1 aromatic rings. The van der Waals surface area contributed by atoms with E-state index >= 15 is 0 Å². The van der Waals surface area contributed by atoms with Crippen molar-refractivity contribution in [3.05, 3.63) is 23.8 Å². The van der Waals surface area contributed by atoms with Crippen LogP contribution in [0.2, 0.25) is 0 Å². The van der Waals surface area contributed by atoms with Crippen LogP contribution >= 0.6 is 11.8 Å². The van der Waals surface area contributed by atoms with Crippen LogP contribution in [0.25, 0.3) is 0 Å². The van der Waals surface area contributed by atoms with Gasteiger partial charge in [0.1, 0.15) is 0 Å². The molecule has 1 heterocycles. The zero-order chi connectivity index (χ0) is 15.1. The number of nitrogens with one attached hydrogen (secondary N) is 1. The fraction of sp³-hybridized carbons (Fsp3) is 0.533. The molecule has 0 aromatic heterocycles. The summed E-state index contributed by atoms with van der Waals surface area (Å²) in [5.74, 6) is 2.28. The summed E-state index contributed by atoms with van der Waals surface area (Å²) in [6.07, 6.45) is 3.57. The van der Waals surface area contributed by atoms with Gasteiger partial charge in [0.15, 0.2) is 11.5 Å². The van der Waals surface area contributed by atoms with Gasteiger partial charge in [-0.2, -0.15) is 11.8 Å². The Hall–Kier alpha value is -1.40. The fourth-order valence-electron chi connectivity index (χ4n) is 2.01. The van der Waals surface area contributed by atoms with Gasteiger partial charge in [0.05, 0.1) is 19.3 Å². The molecule has 6 heteroatoms. The van der Waals surface area contributed by atoms with Crippen molar-refractivity contribution in [2.24, 2.45) is 5.73 Å². The van der Waals surface area contributed by atoms with Crippen molar-refractivity contribution in [1.29, 1.82) is 0 Å². The average Bonchev–Trinajstić information content (AvgIpc) is 2.74. The molecule has 0 radical (unpaired) electrons. The monoisotopic (exact) mass is 310 g/mol. The van der Waals surface area contributed by atoms with Crippen LogP contribution in [-0.4, -0.2) is 37.2 Å². The van der Waals surface area contributed by atoms with Crippen molar-refractivity contribution in [1.82, 2.24) is 5.32 Å². The van der Waals surface area contributed by atoms with E-state index in [2.05, 4.69) is 5.32 Å². The third-order valence-corrected chi connectivity index (χ3v) is 3.89. The Morgan fingerprint density at radius 1 is 1.38 bits per heavy atom. The Kier molecular flexibility index (Phi) is 6.20. The molecule has 0 saturated heterocycles. The number of hydrogen-bond acceptors (Lipinski definition) is 5. The number of rotatable bonds is 6. The number of hydrogen-bond donors (Lipinski definition) is 2. The highest BCUT2D eigenvalue weighted by Gasteiger charge is 2.14. The molecular formula is C15H22N2O3S. The van der Waals surface area contributed by atoms with Crippen LogP contribution in [0, 0.1) is 0 Å². The van der Waals surface area contributed by atoms with E-state index in [0.717, 1.165) is 29.2 Å². The lowest BCUT2D eigenvalue weighted by atomic mass is 10.2. The molecule has 0 fully saturated rings. The molecule has 1 amide bonds. The number of carbonyl (C=O) groups excluding carboxylic acids is 1. The van der Waals surface area contributed by atoms with E-state index in [4.69, 9.17) is 15.2 Å². The molecule has 0 bridgehead atoms. The summed E-state index contributed by atoms with van der Waals surface area (Å²) >= 11 is 1.69. The molecule has 116 valence electrons. The second kappa shape index (κ2) is 8.14. The fourth-order valence-corrected chi connectivity index (χ4v) is 2.50. The van der Waals surface area contributed by atoms with Crippen molar-refractivity contribution in [2.45, 2.75) is 25.4 Å². The Morgan fingerprint density at radius 3 is 2.90 bits per heavy atom. The standard InChI is InChI=1S/C15H22N2O3S/c1-21-8-5-12(16)15(18)17-10-11-3-4-13-14(9-11)20-7-2-6-19-13/h3-4,9,12H,2,5-8,10,16H2,1H3,(H,17,18)/t12-/m0/s1. The van der Waals surface area contributed by atoms with Gasteiger partial charge in [0, 0.05) is 13.0 Å². The van der Waals surface area contributed by atoms with Gasteiger partial charge in [-0.25, -0.2) is 0 Å². The number of fused-ring (bicyclic) bond motifs is 1. The second-order valence-corrected chi connectivity index (χ2v) is 5.92. The van der Waals surface area contributed by atoms with Crippen molar-refractivity contribution < 1.29 is 14.3 Å². The molecule has 1 aliphatic rings. The number of ether oxygens (including phenoxy) is 2. The minimum atomic E-state index is -0.446. The van der Waals surface area contributed by atoms with Crippen LogP contribution in [0.15, 0.2) is 18.2 Å². The van der Waals surface area contributed by atoms with Gasteiger partial charge in [-0.1, -0.05) is 6.07 Å². The van der Waals surface area contributed by atoms with E-state index in [9.17, 15) is 4.79 Å². The third kappa shape index (κ3) is 4.82. The van der Waals surface area contributed by atoms with Crippen molar-refractivity contribution in [3.63, 3.8) is 0 Å². The van der Waals surface area contributed by atoms with Crippen molar-refractivity contribution in [3.8, 4) is 11.5 Å². The Bertz CT molecular complexity index is 482. The van der Waals surface area contributed by atoms with Crippen LogP contribution in [0.5, 0.6) is 11.5 Å². The molecule has 1 aromatic carbocycles. The molecule has 1 aliphatic heterocycles. The minimum absolute atomic E-state index is 0.115. The highest BCUT2D eigenvalue weighted by molar-refractivity contribution is 7.98. The molecular weight excluding hydrogens is 288 g/mol. The zero-order valence-electron chi connectivity index (χ0n) is 12.3. The SMILES string of the molecule is CSCC[C@H](N)C(=O)NCc1ccc2c(c1)OCCCO2. The maximum absolute atomic E-state index is 11.9. The number of nitrogens with two attached hydrogens (primary N) is 1. The van der Waals surface area contributed by atoms with Gasteiger partial charge in [0.25, 0.3) is 0 Å². The summed E-state index contributed by atoms with van der Waals surface area (Å²) in [5, 5.41) is 2.86.